The van der Waals surface area contributed by atoms with Crippen molar-refractivity contribution < 1.29 is 9.53 Å². The number of nitrogens with zero attached hydrogens (tertiary/aromatic N) is 4. The van der Waals surface area contributed by atoms with Gasteiger partial charge in [0, 0.05) is 44.1 Å². The predicted molar refractivity (Wildman–Crippen MR) is 100 cm³/mol. The van der Waals surface area contributed by atoms with Crippen molar-refractivity contribution in [3.8, 4) is 5.75 Å². The Bertz CT molecular complexity index is 911. The van der Waals surface area contributed by atoms with Crippen molar-refractivity contribution in [2.45, 2.75) is 13.5 Å². The van der Waals surface area contributed by atoms with Gasteiger partial charge in [-0.15, -0.1) is 0 Å². The van der Waals surface area contributed by atoms with E-state index in [1.165, 1.54) is 12.4 Å². The van der Waals surface area contributed by atoms with Gasteiger partial charge in [0.1, 0.15) is 11.3 Å². The maximum atomic E-state index is 12.7. The normalized spacial score (nSPS) is 10.6. The van der Waals surface area contributed by atoms with Gasteiger partial charge in [0.05, 0.1) is 12.7 Å². The van der Waals surface area contributed by atoms with Gasteiger partial charge in [-0.3, -0.25) is 9.78 Å². The van der Waals surface area contributed by atoms with Crippen LogP contribution in [0.5, 0.6) is 5.75 Å². The minimum atomic E-state index is -0.138. The molecule has 0 saturated carbocycles. The van der Waals surface area contributed by atoms with Gasteiger partial charge in [-0.25, -0.2) is 9.97 Å². The van der Waals surface area contributed by atoms with Crippen LogP contribution in [0.3, 0.4) is 0 Å². The molecule has 0 saturated heterocycles. The largest absolute Gasteiger partial charge is 0.494 e. The monoisotopic (exact) mass is 351 g/mol. The number of hydrogen-bond acceptors (Lipinski definition) is 6. The molecule has 26 heavy (non-hydrogen) atoms. The maximum Gasteiger partial charge on any atom is 0.257 e. The predicted octanol–water partition coefficient (Wildman–Crippen LogP) is 2.74. The lowest BCUT2D eigenvalue weighted by atomic mass is 10.1. The molecule has 1 N–H and O–H groups in total. The van der Waals surface area contributed by atoms with E-state index in [0.717, 1.165) is 23.0 Å². The Morgan fingerprint density at radius 1 is 1.19 bits per heavy atom. The van der Waals surface area contributed by atoms with Gasteiger partial charge in [0.15, 0.2) is 0 Å². The Hall–Kier alpha value is -3.22. The van der Waals surface area contributed by atoms with Gasteiger partial charge >= 0.3 is 0 Å². The number of methoxy groups -OCH3 is 1. The van der Waals surface area contributed by atoms with Crippen molar-refractivity contribution in [1.29, 1.82) is 0 Å². The molecule has 0 unspecified atom stereocenters. The molecule has 0 spiro atoms. The van der Waals surface area contributed by atoms with E-state index in [0.29, 0.717) is 23.8 Å². The molecule has 1 amide bonds. The number of hydrogen-bond donors (Lipinski definition) is 1. The van der Waals surface area contributed by atoms with E-state index in [-0.39, 0.29) is 5.91 Å². The summed E-state index contributed by atoms with van der Waals surface area (Å²) in [4.78, 5) is 27.0. The number of aromatic nitrogens is 3. The molecule has 0 fully saturated rings. The molecule has 134 valence electrons. The number of carbonyl (C=O) groups is 1. The van der Waals surface area contributed by atoms with Crippen LogP contribution in [0.2, 0.25) is 0 Å². The van der Waals surface area contributed by atoms with Gasteiger partial charge in [0.2, 0.25) is 5.95 Å². The van der Waals surface area contributed by atoms with Crippen molar-refractivity contribution >= 4 is 22.8 Å². The maximum absolute atomic E-state index is 12.7. The third-order valence-electron chi connectivity index (χ3n) is 4.03. The molecular weight excluding hydrogens is 330 g/mol. The second-order valence-corrected chi connectivity index (χ2v) is 5.81. The van der Waals surface area contributed by atoms with Crippen LogP contribution in [-0.2, 0) is 6.54 Å². The van der Waals surface area contributed by atoms with Crippen molar-refractivity contribution in [3.05, 3.63) is 54.0 Å². The quantitative estimate of drug-likeness (QED) is 0.735. The number of nitrogens with one attached hydrogen (secondary N) is 1. The number of rotatable bonds is 6. The Morgan fingerprint density at radius 3 is 2.65 bits per heavy atom. The third-order valence-corrected chi connectivity index (χ3v) is 4.03. The lowest BCUT2D eigenvalue weighted by molar-refractivity contribution is 0.0785. The number of benzene rings is 1. The molecule has 0 aliphatic heterocycles. The number of anilines is 1. The standard InChI is InChI=1S/C19H21N5O2/c1-4-20-19-22-10-14(11-23-19)18(25)24(2)12-13-7-8-16(26-3)17-15(13)6-5-9-21-17/h5-11H,4,12H2,1-3H3,(H,20,22,23). The van der Waals surface area contributed by atoms with Gasteiger partial charge in [-0.1, -0.05) is 12.1 Å². The van der Waals surface area contributed by atoms with Gasteiger partial charge < -0.3 is 15.0 Å². The van der Waals surface area contributed by atoms with Crippen LogP contribution in [0.25, 0.3) is 10.9 Å². The first-order valence-electron chi connectivity index (χ1n) is 8.36. The first-order chi connectivity index (χ1) is 12.6. The summed E-state index contributed by atoms with van der Waals surface area (Å²) in [5.41, 5.74) is 2.23. The van der Waals surface area contributed by atoms with Crippen LogP contribution in [0.15, 0.2) is 42.9 Å². The highest BCUT2D eigenvalue weighted by atomic mass is 16.5. The fourth-order valence-corrected chi connectivity index (χ4v) is 2.74. The summed E-state index contributed by atoms with van der Waals surface area (Å²) in [6, 6.07) is 7.68. The van der Waals surface area contributed by atoms with Crippen LogP contribution in [0.1, 0.15) is 22.8 Å². The summed E-state index contributed by atoms with van der Waals surface area (Å²) >= 11 is 0. The Labute approximate surface area is 152 Å². The minimum absolute atomic E-state index is 0.138. The number of fused-ring (bicyclic) bond motifs is 1. The van der Waals surface area contributed by atoms with E-state index < -0.39 is 0 Å². The van der Waals surface area contributed by atoms with E-state index in [2.05, 4.69) is 20.3 Å². The lowest BCUT2D eigenvalue weighted by Crippen LogP contribution is -2.26. The molecule has 0 bridgehead atoms. The van der Waals surface area contributed by atoms with Crippen LogP contribution in [0.4, 0.5) is 5.95 Å². The minimum Gasteiger partial charge on any atom is -0.494 e. The van der Waals surface area contributed by atoms with E-state index in [1.807, 2.05) is 31.2 Å². The highest BCUT2D eigenvalue weighted by Crippen LogP contribution is 2.27. The zero-order valence-corrected chi connectivity index (χ0v) is 15.1. The van der Waals surface area contributed by atoms with Crippen molar-refractivity contribution in [2.24, 2.45) is 0 Å². The number of ether oxygens (including phenoxy) is 1. The summed E-state index contributed by atoms with van der Waals surface area (Å²) < 4.78 is 5.37. The molecule has 3 rings (SSSR count). The molecule has 2 aromatic heterocycles. The number of pyridine rings is 1. The van der Waals surface area contributed by atoms with Crippen LogP contribution in [0, 0.1) is 0 Å². The first kappa shape index (κ1) is 17.6. The summed E-state index contributed by atoms with van der Waals surface area (Å²) in [7, 11) is 3.38. The molecule has 0 radical (unpaired) electrons. The van der Waals surface area contributed by atoms with Gasteiger partial charge in [-0.2, -0.15) is 0 Å². The summed E-state index contributed by atoms with van der Waals surface area (Å²) in [6.45, 7) is 3.13. The molecule has 7 heteroatoms. The summed E-state index contributed by atoms with van der Waals surface area (Å²) in [5.74, 6) is 1.09. The highest BCUT2D eigenvalue weighted by Gasteiger charge is 2.15. The molecule has 2 heterocycles. The Kier molecular flexibility index (Phi) is 5.26. The smallest absolute Gasteiger partial charge is 0.257 e. The topological polar surface area (TPSA) is 80.2 Å². The first-order valence-corrected chi connectivity index (χ1v) is 8.36. The molecular formula is C19H21N5O2. The van der Waals surface area contributed by atoms with Gasteiger partial charge in [-0.05, 0) is 24.6 Å². The zero-order valence-electron chi connectivity index (χ0n) is 15.1. The van der Waals surface area contributed by atoms with Crippen molar-refractivity contribution in [2.75, 3.05) is 26.0 Å². The average molecular weight is 351 g/mol. The van der Waals surface area contributed by atoms with Gasteiger partial charge in [0.25, 0.3) is 5.91 Å². The SMILES string of the molecule is CCNc1ncc(C(=O)N(C)Cc2ccc(OC)c3ncccc23)cn1. The summed E-state index contributed by atoms with van der Waals surface area (Å²) in [5, 5.41) is 3.97. The molecule has 0 aliphatic carbocycles. The molecule has 3 aromatic rings. The Balaban J connectivity index is 1.82. The van der Waals surface area contributed by atoms with Crippen molar-refractivity contribution in [3.63, 3.8) is 0 Å². The van der Waals surface area contributed by atoms with E-state index in [1.54, 1.807) is 25.3 Å². The molecule has 0 atom stereocenters. The molecule has 7 nitrogen and oxygen atoms in total. The van der Waals surface area contributed by atoms with Crippen LogP contribution < -0.4 is 10.1 Å². The lowest BCUT2D eigenvalue weighted by Gasteiger charge is -2.19. The fraction of sp³-hybridized carbons (Fsp3) is 0.263. The fourth-order valence-electron chi connectivity index (χ4n) is 2.74. The van der Waals surface area contributed by atoms with E-state index >= 15 is 0 Å². The van der Waals surface area contributed by atoms with Crippen molar-refractivity contribution in [1.82, 2.24) is 19.9 Å². The van der Waals surface area contributed by atoms with Crippen LogP contribution >= 0.6 is 0 Å². The number of carbonyl (C=O) groups excluding carboxylic acids is 1. The zero-order chi connectivity index (χ0) is 18.5. The highest BCUT2D eigenvalue weighted by molar-refractivity contribution is 5.94. The van der Waals surface area contributed by atoms with E-state index in [4.69, 9.17) is 4.74 Å². The molecule has 1 aromatic carbocycles. The second kappa shape index (κ2) is 7.77. The summed E-state index contributed by atoms with van der Waals surface area (Å²) in [6.07, 6.45) is 4.81. The number of amides is 1. The van der Waals surface area contributed by atoms with E-state index in [9.17, 15) is 4.79 Å². The second-order valence-electron chi connectivity index (χ2n) is 5.81. The Morgan fingerprint density at radius 2 is 1.96 bits per heavy atom. The molecule has 0 aliphatic rings. The average Bonchev–Trinajstić information content (AvgIpc) is 2.68. The third kappa shape index (κ3) is 3.56. The van der Waals surface area contributed by atoms with Crippen LogP contribution in [-0.4, -0.2) is 46.5 Å².